The molecular weight excluding hydrogens is 378 g/mol. The average Bonchev–Trinajstić information content (AvgIpc) is 2.78. The molecule has 5 heteroatoms. The lowest BCUT2D eigenvalue weighted by atomic mass is 10.1. The van der Waals surface area contributed by atoms with Crippen molar-refractivity contribution in [2.24, 2.45) is 0 Å². The van der Waals surface area contributed by atoms with Crippen LogP contribution in [0.15, 0.2) is 78.9 Å². The highest BCUT2D eigenvalue weighted by atomic mass is 16.5. The van der Waals surface area contributed by atoms with Crippen LogP contribution in [0.3, 0.4) is 0 Å². The minimum Gasteiger partial charge on any atom is -0.493 e. The summed E-state index contributed by atoms with van der Waals surface area (Å²) in [4.78, 5) is 17.1. The molecule has 0 N–H and O–H groups in total. The summed E-state index contributed by atoms with van der Waals surface area (Å²) in [6.07, 6.45) is 0. The highest BCUT2D eigenvalue weighted by Crippen LogP contribution is 2.27. The molecule has 0 atom stereocenters. The van der Waals surface area contributed by atoms with E-state index in [0.29, 0.717) is 34.9 Å². The molecule has 0 unspecified atom stereocenters. The summed E-state index contributed by atoms with van der Waals surface area (Å²) in [6.45, 7) is 2.27. The number of carbonyl (C=O) groups excluding carboxylic acids is 1. The summed E-state index contributed by atoms with van der Waals surface area (Å²) in [5, 5.41) is 0.926. The number of fused-ring (bicyclic) bond motifs is 1. The first-order chi connectivity index (χ1) is 14.6. The Morgan fingerprint density at radius 2 is 1.57 bits per heavy atom. The number of benzene rings is 3. The summed E-state index contributed by atoms with van der Waals surface area (Å²) in [5.41, 5.74) is 2.93. The van der Waals surface area contributed by atoms with Crippen molar-refractivity contribution in [3.63, 3.8) is 0 Å². The first-order valence-electron chi connectivity index (χ1n) is 9.57. The van der Waals surface area contributed by atoms with E-state index in [-0.39, 0.29) is 0 Å². The zero-order valence-electron chi connectivity index (χ0n) is 16.8. The lowest BCUT2D eigenvalue weighted by molar-refractivity contribution is 0.0736. The molecule has 0 radical (unpaired) electrons. The molecule has 3 aromatic carbocycles. The molecule has 0 bridgehead atoms. The predicted molar refractivity (Wildman–Crippen MR) is 115 cm³/mol. The first-order valence-corrected chi connectivity index (χ1v) is 9.57. The standard InChI is InChI=1S/C25H21NO4/c1-17-10-13-19-6-5-9-23(24(19)26-17)30-25(27)20-14-11-18(12-15-20)16-29-22-8-4-3-7-21(22)28-2/h3-15H,16H2,1-2H3. The second-order valence-electron chi connectivity index (χ2n) is 6.81. The van der Waals surface area contributed by atoms with Gasteiger partial charge in [0, 0.05) is 11.1 Å². The molecule has 0 saturated carbocycles. The molecule has 0 fully saturated rings. The molecule has 0 amide bonds. The van der Waals surface area contributed by atoms with Gasteiger partial charge in [-0.1, -0.05) is 42.5 Å². The van der Waals surface area contributed by atoms with Crippen molar-refractivity contribution in [3.05, 3.63) is 95.7 Å². The minimum atomic E-state index is -0.428. The van der Waals surface area contributed by atoms with E-state index in [1.807, 2.05) is 67.6 Å². The summed E-state index contributed by atoms with van der Waals surface area (Å²) < 4.78 is 16.7. The molecule has 0 aliphatic rings. The van der Waals surface area contributed by atoms with Gasteiger partial charge in [-0.05, 0) is 48.9 Å². The van der Waals surface area contributed by atoms with Gasteiger partial charge in [0.25, 0.3) is 0 Å². The molecule has 1 aromatic heterocycles. The molecule has 4 aromatic rings. The van der Waals surface area contributed by atoms with Crippen molar-refractivity contribution in [1.29, 1.82) is 0 Å². The lowest BCUT2D eigenvalue weighted by Gasteiger charge is -2.11. The zero-order valence-corrected chi connectivity index (χ0v) is 16.8. The fourth-order valence-corrected chi connectivity index (χ4v) is 3.09. The van der Waals surface area contributed by atoms with E-state index in [0.717, 1.165) is 16.6 Å². The van der Waals surface area contributed by atoms with E-state index in [1.165, 1.54) is 0 Å². The maximum absolute atomic E-state index is 12.6. The van der Waals surface area contributed by atoms with E-state index in [2.05, 4.69) is 4.98 Å². The van der Waals surface area contributed by atoms with Crippen molar-refractivity contribution in [1.82, 2.24) is 4.98 Å². The van der Waals surface area contributed by atoms with Crippen LogP contribution in [0.2, 0.25) is 0 Å². The van der Waals surface area contributed by atoms with Gasteiger partial charge in [0.15, 0.2) is 17.2 Å². The number of pyridine rings is 1. The van der Waals surface area contributed by atoms with Gasteiger partial charge < -0.3 is 14.2 Å². The van der Waals surface area contributed by atoms with Crippen LogP contribution in [0.25, 0.3) is 10.9 Å². The van der Waals surface area contributed by atoms with E-state index in [1.54, 1.807) is 25.3 Å². The SMILES string of the molecule is COc1ccccc1OCc1ccc(C(=O)Oc2cccc3ccc(C)nc23)cc1. The number of carbonyl (C=O) groups is 1. The summed E-state index contributed by atoms with van der Waals surface area (Å²) in [7, 11) is 1.61. The lowest BCUT2D eigenvalue weighted by Crippen LogP contribution is -2.09. The molecule has 0 aliphatic carbocycles. The monoisotopic (exact) mass is 399 g/mol. The number of esters is 1. The van der Waals surface area contributed by atoms with E-state index in [4.69, 9.17) is 14.2 Å². The Kier molecular flexibility index (Phi) is 5.61. The molecule has 30 heavy (non-hydrogen) atoms. The van der Waals surface area contributed by atoms with Crippen molar-refractivity contribution >= 4 is 16.9 Å². The van der Waals surface area contributed by atoms with Crippen molar-refractivity contribution < 1.29 is 19.0 Å². The maximum atomic E-state index is 12.6. The molecule has 1 heterocycles. The van der Waals surface area contributed by atoms with Gasteiger partial charge in [-0.15, -0.1) is 0 Å². The quantitative estimate of drug-likeness (QED) is 0.323. The molecule has 150 valence electrons. The Labute approximate surface area is 174 Å². The second kappa shape index (κ2) is 8.66. The molecule has 5 nitrogen and oxygen atoms in total. The number of para-hydroxylation sites is 3. The normalized spacial score (nSPS) is 10.6. The topological polar surface area (TPSA) is 57.7 Å². The summed E-state index contributed by atoms with van der Waals surface area (Å²) >= 11 is 0. The highest BCUT2D eigenvalue weighted by molar-refractivity contribution is 5.94. The number of rotatable bonds is 6. The van der Waals surface area contributed by atoms with Crippen LogP contribution >= 0.6 is 0 Å². The van der Waals surface area contributed by atoms with Gasteiger partial charge in [0.2, 0.25) is 0 Å². The Morgan fingerprint density at radius 3 is 2.33 bits per heavy atom. The fourth-order valence-electron chi connectivity index (χ4n) is 3.09. The van der Waals surface area contributed by atoms with Crippen molar-refractivity contribution in [2.75, 3.05) is 7.11 Å². The van der Waals surface area contributed by atoms with Gasteiger partial charge in [-0.3, -0.25) is 0 Å². The van der Waals surface area contributed by atoms with E-state index >= 15 is 0 Å². The number of hydrogen-bond donors (Lipinski definition) is 0. The molecule has 0 aliphatic heterocycles. The Balaban J connectivity index is 1.45. The van der Waals surface area contributed by atoms with Crippen LogP contribution in [-0.2, 0) is 6.61 Å². The molecule has 0 spiro atoms. The fraction of sp³-hybridized carbons (Fsp3) is 0.120. The molecule has 0 saturated heterocycles. The van der Waals surface area contributed by atoms with Crippen molar-refractivity contribution in [3.8, 4) is 17.2 Å². The third-order valence-electron chi connectivity index (χ3n) is 4.68. The predicted octanol–water partition coefficient (Wildman–Crippen LogP) is 5.35. The summed E-state index contributed by atoms with van der Waals surface area (Å²) in [5.74, 6) is 1.37. The average molecular weight is 399 g/mol. The summed E-state index contributed by atoms with van der Waals surface area (Å²) in [6, 6.07) is 24.1. The third-order valence-corrected chi connectivity index (χ3v) is 4.68. The number of ether oxygens (including phenoxy) is 3. The van der Waals surface area contributed by atoms with E-state index < -0.39 is 5.97 Å². The second-order valence-corrected chi connectivity index (χ2v) is 6.81. The number of hydrogen-bond acceptors (Lipinski definition) is 5. The van der Waals surface area contributed by atoms with Gasteiger partial charge in [-0.2, -0.15) is 0 Å². The van der Waals surface area contributed by atoms with Gasteiger partial charge >= 0.3 is 5.97 Å². The van der Waals surface area contributed by atoms with E-state index in [9.17, 15) is 4.79 Å². The van der Waals surface area contributed by atoms with Crippen LogP contribution in [-0.4, -0.2) is 18.1 Å². The molecular formula is C25H21NO4. The Hall–Kier alpha value is -3.86. The Bertz CT molecular complexity index is 1190. The zero-order chi connectivity index (χ0) is 20.9. The van der Waals surface area contributed by atoms with Crippen LogP contribution < -0.4 is 14.2 Å². The van der Waals surface area contributed by atoms with Crippen LogP contribution in [0.5, 0.6) is 17.2 Å². The minimum absolute atomic E-state index is 0.363. The number of aromatic nitrogens is 1. The van der Waals surface area contributed by atoms with Gasteiger partial charge in [-0.25, -0.2) is 9.78 Å². The first kappa shape index (κ1) is 19.5. The Morgan fingerprint density at radius 1 is 0.833 bits per heavy atom. The number of aryl methyl sites for hydroxylation is 1. The number of nitrogens with zero attached hydrogens (tertiary/aromatic N) is 1. The van der Waals surface area contributed by atoms with Crippen molar-refractivity contribution in [2.45, 2.75) is 13.5 Å². The third kappa shape index (κ3) is 4.25. The largest absolute Gasteiger partial charge is 0.493 e. The highest BCUT2D eigenvalue weighted by Gasteiger charge is 2.12. The smallest absolute Gasteiger partial charge is 0.343 e. The van der Waals surface area contributed by atoms with Crippen LogP contribution in [0.4, 0.5) is 0 Å². The number of methoxy groups -OCH3 is 1. The van der Waals surface area contributed by atoms with Gasteiger partial charge in [0.1, 0.15) is 12.1 Å². The molecule has 4 rings (SSSR count). The van der Waals surface area contributed by atoms with Crippen LogP contribution in [0.1, 0.15) is 21.6 Å². The van der Waals surface area contributed by atoms with Crippen LogP contribution in [0, 0.1) is 6.92 Å². The van der Waals surface area contributed by atoms with Gasteiger partial charge in [0.05, 0.1) is 12.7 Å². The maximum Gasteiger partial charge on any atom is 0.343 e.